The number of aliphatic imine (C=N–C) groups is 1. The van der Waals surface area contributed by atoms with Crippen molar-refractivity contribution in [1.82, 2.24) is 4.98 Å². The smallest absolute Gasteiger partial charge is 0.337 e. The number of carboxylic acids is 1. The van der Waals surface area contributed by atoms with Gasteiger partial charge in [0.05, 0.1) is 29.7 Å². The van der Waals surface area contributed by atoms with Crippen LogP contribution in [0.1, 0.15) is 63.8 Å². The van der Waals surface area contributed by atoms with Crippen molar-refractivity contribution in [2.45, 2.75) is 65.7 Å². The highest BCUT2D eigenvalue weighted by Crippen LogP contribution is 2.47. The number of benzene rings is 1. The van der Waals surface area contributed by atoms with E-state index < -0.39 is 17.7 Å². The van der Waals surface area contributed by atoms with Gasteiger partial charge in [0.25, 0.3) is 0 Å². The van der Waals surface area contributed by atoms with Gasteiger partial charge in [-0.1, -0.05) is 25.5 Å². The lowest BCUT2D eigenvalue weighted by atomic mass is 9.74. The number of hydrogen-bond donors (Lipinski definition) is 1. The molecule has 1 aliphatic carbocycles. The molecule has 1 aromatic carbocycles. The lowest BCUT2D eigenvalue weighted by Gasteiger charge is -2.39. The Morgan fingerprint density at radius 2 is 2.00 bits per heavy atom. The van der Waals surface area contributed by atoms with Gasteiger partial charge in [-0.3, -0.25) is 4.99 Å². The quantitative estimate of drug-likeness (QED) is 0.455. The van der Waals surface area contributed by atoms with E-state index in [-0.39, 0.29) is 12.0 Å². The van der Waals surface area contributed by atoms with Gasteiger partial charge in [0.2, 0.25) is 0 Å². The third-order valence-electron chi connectivity index (χ3n) is 7.47. The number of dihydropyridines is 1. The Morgan fingerprint density at radius 1 is 1.23 bits per heavy atom. The highest BCUT2D eigenvalue weighted by Gasteiger charge is 2.41. The Balaban J connectivity index is 1.76. The maximum absolute atomic E-state index is 12.8. The van der Waals surface area contributed by atoms with E-state index in [2.05, 4.69) is 44.0 Å². The van der Waals surface area contributed by atoms with Crippen molar-refractivity contribution in [3.8, 4) is 0 Å². The van der Waals surface area contributed by atoms with Gasteiger partial charge in [0, 0.05) is 37.2 Å². The van der Waals surface area contributed by atoms with Crippen LogP contribution in [0.2, 0.25) is 0 Å². The number of aliphatic carboxylic acids is 1. The standard InChI is InChI=1S/C32H39N3O4/c1-18(2)17-35(7)25-11-9-21-23(34-25)16-19(3)26(30(31(36)37)39-32(4,5)6)28(21)22-8-10-24-27-20(13-15-38-24)12-14-33-29(22)27/h8-12,14,16,18,27,29-30H,13,15,17H2,1-7H3,(H,36,37). The number of carboxylic acid groups (broad SMARTS) is 1. The number of hydrogen-bond acceptors (Lipinski definition) is 6. The first-order valence-corrected chi connectivity index (χ1v) is 13.8. The van der Waals surface area contributed by atoms with Gasteiger partial charge in [-0.15, -0.1) is 0 Å². The van der Waals surface area contributed by atoms with E-state index in [4.69, 9.17) is 19.5 Å². The number of rotatable bonds is 7. The fourth-order valence-corrected chi connectivity index (χ4v) is 5.99. The first-order chi connectivity index (χ1) is 18.4. The molecule has 1 saturated heterocycles. The lowest BCUT2D eigenvalue weighted by Crippen LogP contribution is -2.34. The summed E-state index contributed by atoms with van der Waals surface area (Å²) in [6, 6.07) is 5.88. The average molecular weight is 530 g/mol. The van der Waals surface area contributed by atoms with Crippen molar-refractivity contribution in [1.29, 1.82) is 0 Å². The van der Waals surface area contributed by atoms with Crippen molar-refractivity contribution in [3.05, 3.63) is 64.4 Å². The Bertz CT molecular complexity index is 1430. The first-order valence-electron chi connectivity index (χ1n) is 13.8. The highest BCUT2D eigenvalue weighted by atomic mass is 16.5. The van der Waals surface area contributed by atoms with Crippen LogP contribution in [0.25, 0.3) is 16.5 Å². The maximum Gasteiger partial charge on any atom is 0.337 e. The van der Waals surface area contributed by atoms with Crippen molar-refractivity contribution in [2.24, 2.45) is 16.8 Å². The minimum Gasteiger partial charge on any atom is -0.497 e. The number of allylic oxidation sites excluding steroid dienone is 3. The molecular weight excluding hydrogens is 490 g/mol. The number of nitrogens with zero attached hydrogens (tertiary/aromatic N) is 3. The number of pyridine rings is 1. The van der Waals surface area contributed by atoms with Crippen molar-refractivity contribution in [3.63, 3.8) is 0 Å². The number of aryl methyl sites for hydroxylation is 1. The molecule has 2 aromatic rings. The molecule has 3 heterocycles. The molecule has 0 amide bonds. The van der Waals surface area contributed by atoms with Crippen molar-refractivity contribution < 1.29 is 19.4 Å². The molecule has 2 aliphatic heterocycles. The average Bonchev–Trinajstić information content (AvgIpc) is 2.86. The van der Waals surface area contributed by atoms with E-state index >= 15 is 0 Å². The van der Waals surface area contributed by atoms with Crippen LogP contribution in [0.5, 0.6) is 0 Å². The first kappa shape index (κ1) is 27.1. The number of fused-ring (bicyclic) bond motifs is 1. The van der Waals surface area contributed by atoms with E-state index in [1.54, 1.807) is 0 Å². The molecule has 7 nitrogen and oxygen atoms in total. The predicted molar refractivity (Wildman–Crippen MR) is 156 cm³/mol. The van der Waals surface area contributed by atoms with Crippen LogP contribution < -0.4 is 4.90 Å². The molecule has 5 rings (SSSR count). The van der Waals surface area contributed by atoms with Crippen LogP contribution in [-0.4, -0.2) is 54.1 Å². The van der Waals surface area contributed by atoms with Crippen LogP contribution in [0.4, 0.5) is 5.82 Å². The van der Waals surface area contributed by atoms with Crippen molar-refractivity contribution in [2.75, 3.05) is 25.1 Å². The largest absolute Gasteiger partial charge is 0.497 e. The summed E-state index contributed by atoms with van der Waals surface area (Å²) in [5.74, 6) is 1.31. The zero-order valence-electron chi connectivity index (χ0n) is 24.0. The Labute approximate surface area is 230 Å². The molecule has 3 aliphatic rings. The Hall–Kier alpha value is -3.45. The van der Waals surface area contributed by atoms with Gasteiger partial charge in [0.15, 0.2) is 6.10 Å². The van der Waals surface area contributed by atoms with E-state index in [1.165, 1.54) is 5.57 Å². The van der Waals surface area contributed by atoms with Crippen LogP contribution in [-0.2, 0) is 14.3 Å². The predicted octanol–water partition coefficient (Wildman–Crippen LogP) is 6.27. The van der Waals surface area contributed by atoms with Gasteiger partial charge in [0.1, 0.15) is 11.6 Å². The topological polar surface area (TPSA) is 84.3 Å². The molecule has 3 unspecified atom stereocenters. The Kier molecular flexibility index (Phi) is 7.14. The molecule has 206 valence electrons. The summed E-state index contributed by atoms with van der Waals surface area (Å²) in [6.07, 6.45) is 7.77. The van der Waals surface area contributed by atoms with Crippen molar-refractivity contribution >= 4 is 34.5 Å². The van der Waals surface area contributed by atoms with E-state index in [0.717, 1.165) is 52.1 Å². The molecule has 0 saturated carbocycles. The number of anilines is 1. The third kappa shape index (κ3) is 5.24. The molecule has 1 fully saturated rings. The monoisotopic (exact) mass is 529 g/mol. The van der Waals surface area contributed by atoms with Gasteiger partial charge in [-0.2, -0.15) is 0 Å². The summed E-state index contributed by atoms with van der Waals surface area (Å²) in [6.45, 7) is 13.5. The van der Waals surface area contributed by atoms with E-state index in [9.17, 15) is 9.90 Å². The summed E-state index contributed by atoms with van der Waals surface area (Å²) in [4.78, 5) is 24.9. The van der Waals surface area contributed by atoms with Crippen LogP contribution in [0.15, 0.2) is 52.8 Å². The lowest BCUT2D eigenvalue weighted by molar-refractivity contribution is -0.160. The van der Waals surface area contributed by atoms with Crippen LogP contribution in [0, 0.1) is 18.8 Å². The minimum atomic E-state index is -1.15. The molecular formula is C32H39N3O4. The summed E-state index contributed by atoms with van der Waals surface area (Å²) < 4.78 is 12.3. The van der Waals surface area contributed by atoms with Gasteiger partial charge < -0.3 is 19.5 Å². The fraction of sp³-hybridized carbons (Fsp3) is 0.469. The summed E-state index contributed by atoms with van der Waals surface area (Å²) in [5, 5.41) is 11.3. The van der Waals surface area contributed by atoms with Gasteiger partial charge >= 0.3 is 5.97 Å². The zero-order chi connectivity index (χ0) is 28.1. The molecule has 7 heteroatoms. The van der Waals surface area contributed by atoms with Crippen LogP contribution >= 0.6 is 0 Å². The SMILES string of the molecule is Cc1cc2nc(N(C)CC(C)C)ccc2c(C2=CC=C3OCCC4=CC=NC2C43)c1C(OC(C)(C)C)C(=O)O. The normalized spacial score (nSPS) is 21.1. The molecule has 39 heavy (non-hydrogen) atoms. The third-order valence-corrected chi connectivity index (χ3v) is 7.47. The van der Waals surface area contributed by atoms with E-state index in [1.807, 2.05) is 52.1 Å². The van der Waals surface area contributed by atoms with Gasteiger partial charge in [-0.25, -0.2) is 9.78 Å². The minimum absolute atomic E-state index is 0.0170. The number of aromatic nitrogens is 1. The summed E-state index contributed by atoms with van der Waals surface area (Å²) in [7, 11) is 2.05. The second-order valence-corrected chi connectivity index (χ2v) is 12.2. The second kappa shape index (κ2) is 10.3. The second-order valence-electron chi connectivity index (χ2n) is 12.2. The maximum atomic E-state index is 12.8. The fourth-order valence-electron chi connectivity index (χ4n) is 5.99. The zero-order valence-corrected chi connectivity index (χ0v) is 24.0. The number of ether oxygens (including phenoxy) is 2. The molecule has 0 radical (unpaired) electrons. The summed E-state index contributed by atoms with van der Waals surface area (Å²) >= 11 is 0. The molecule has 0 bridgehead atoms. The summed E-state index contributed by atoms with van der Waals surface area (Å²) in [5.41, 5.74) is 4.76. The Morgan fingerprint density at radius 3 is 2.69 bits per heavy atom. The van der Waals surface area contributed by atoms with E-state index in [0.29, 0.717) is 18.1 Å². The van der Waals surface area contributed by atoms with Gasteiger partial charge in [-0.05, 0) is 80.7 Å². The number of carbonyl (C=O) groups is 1. The molecule has 1 N–H and O–H groups in total. The highest BCUT2D eigenvalue weighted by molar-refractivity contribution is 5.99. The van der Waals surface area contributed by atoms with Crippen LogP contribution in [0.3, 0.4) is 0 Å². The molecule has 0 spiro atoms. The molecule has 1 aromatic heterocycles. The molecule has 3 atom stereocenters.